The maximum atomic E-state index is 12.1. The Balaban J connectivity index is 0.00000101. The van der Waals surface area contributed by atoms with E-state index in [1.165, 1.54) is 19.3 Å². The Morgan fingerprint density at radius 3 is 1.64 bits per heavy atom. The molecule has 0 unspecified atom stereocenters. The van der Waals surface area contributed by atoms with Gasteiger partial charge in [-0.3, -0.25) is 8.37 Å². The van der Waals surface area contributed by atoms with Gasteiger partial charge in [0.25, 0.3) is 0 Å². The first-order valence-corrected chi connectivity index (χ1v) is 8.05. The molecule has 0 bridgehead atoms. The molecule has 0 aliphatic rings. The van der Waals surface area contributed by atoms with Crippen molar-refractivity contribution in [1.29, 1.82) is 0 Å². The van der Waals surface area contributed by atoms with Crippen LogP contribution >= 0.6 is 12.3 Å². The van der Waals surface area contributed by atoms with Crippen LogP contribution in [0.5, 0.6) is 0 Å². The van der Waals surface area contributed by atoms with E-state index in [1.54, 1.807) is 14.2 Å². The molecule has 1 heterocycles. The van der Waals surface area contributed by atoms with Gasteiger partial charge in [-0.1, -0.05) is 12.2 Å². The lowest BCUT2D eigenvalue weighted by Gasteiger charge is -2.11. The third-order valence-corrected chi connectivity index (χ3v) is 3.15. The Kier molecular flexibility index (Phi) is 12.4. The summed E-state index contributed by atoms with van der Waals surface area (Å²) in [5.41, 5.74) is -1.91. The molecule has 0 radical (unpaired) electrons. The summed E-state index contributed by atoms with van der Waals surface area (Å²) in [5, 5.41) is 0. The van der Waals surface area contributed by atoms with E-state index in [1.807, 2.05) is 0 Å². The molecule has 25 heavy (non-hydrogen) atoms. The largest absolute Gasteiger partial charge is 0.385 e. The van der Waals surface area contributed by atoms with Gasteiger partial charge in [0.1, 0.15) is 0 Å². The maximum absolute atomic E-state index is 12.1. The van der Waals surface area contributed by atoms with Crippen molar-refractivity contribution in [1.82, 2.24) is 13.7 Å². The van der Waals surface area contributed by atoms with Crippen molar-refractivity contribution >= 4 is 12.3 Å². The number of hydrogen-bond donors (Lipinski definition) is 0. The first-order chi connectivity index (χ1) is 12.0. The molecule has 0 saturated carbocycles. The van der Waals surface area contributed by atoms with Crippen LogP contribution in [0.1, 0.15) is 6.42 Å². The fourth-order valence-electron chi connectivity index (χ4n) is 1.88. The molecule has 9 nitrogen and oxygen atoms in total. The van der Waals surface area contributed by atoms with Crippen LogP contribution < -0.4 is 17.1 Å². The lowest BCUT2D eigenvalue weighted by molar-refractivity contribution is 0.188. The number of ether oxygens (including phenoxy) is 1. The van der Waals surface area contributed by atoms with Crippen molar-refractivity contribution in [3.63, 3.8) is 0 Å². The van der Waals surface area contributed by atoms with E-state index in [2.05, 4.69) is 21.5 Å². The van der Waals surface area contributed by atoms with Crippen LogP contribution in [-0.2, 0) is 32.7 Å². The second-order valence-electron chi connectivity index (χ2n) is 4.55. The molecule has 1 aromatic rings. The molecule has 0 aliphatic carbocycles. The average Bonchev–Trinajstić information content (AvgIpc) is 2.60. The third-order valence-electron chi connectivity index (χ3n) is 2.88. The van der Waals surface area contributed by atoms with E-state index < -0.39 is 17.1 Å². The molecule has 0 aliphatic heterocycles. The topological polar surface area (TPSA) is 93.7 Å². The summed E-state index contributed by atoms with van der Waals surface area (Å²) < 4.78 is 16.7. The van der Waals surface area contributed by atoms with Crippen molar-refractivity contribution in [3.05, 3.63) is 56.8 Å². The Labute approximate surface area is 150 Å². The van der Waals surface area contributed by atoms with Crippen molar-refractivity contribution in [2.45, 2.75) is 26.1 Å². The van der Waals surface area contributed by atoms with Crippen molar-refractivity contribution in [3.8, 4) is 0 Å². The Bertz CT molecular complexity index is 656. The highest BCUT2D eigenvalue weighted by molar-refractivity contribution is 7.89. The fraction of sp³-hybridized carbons (Fsp3) is 0.533. The van der Waals surface area contributed by atoms with Crippen molar-refractivity contribution < 1.29 is 13.1 Å². The van der Waals surface area contributed by atoms with Gasteiger partial charge in [-0.05, 0) is 6.42 Å². The molecule has 0 spiro atoms. The zero-order valence-corrected chi connectivity index (χ0v) is 15.6. The number of nitrogens with zero attached hydrogens (tertiary/aromatic N) is 3. The van der Waals surface area contributed by atoms with Gasteiger partial charge < -0.3 is 4.74 Å². The van der Waals surface area contributed by atoms with E-state index in [0.717, 1.165) is 26.0 Å². The van der Waals surface area contributed by atoms with Crippen LogP contribution in [0, 0.1) is 0 Å². The molecule has 142 valence electrons. The lowest BCUT2D eigenvalue weighted by atomic mass is 10.4. The van der Waals surface area contributed by atoms with Crippen LogP contribution in [0.2, 0.25) is 0 Å². The minimum Gasteiger partial charge on any atom is -0.385 e. The fourth-order valence-corrected chi connectivity index (χ4v) is 2.02. The molecular formula is C15H25N3O6S. The van der Waals surface area contributed by atoms with Crippen molar-refractivity contribution in [2.75, 3.05) is 27.9 Å². The number of allylic oxidation sites excluding steroid dienone is 2. The van der Waals surface area contributed by atoms with E-state index >= 15 is 0 Å². The predicted octanol–water partition coefficient (Wildman–Crippen LogP) is 0.423. The molecule has 0 atom stereocenters. The summed E-state index contributed by atoms with van der Waals surface area (Å²) in [6.07, 6.45) is 3.38. The molecule has 10 heteroatoms. The monoisotopic (exact) mass is 375 g/mol. The molecular weight excluding hydrogens is 350 g/mol. The van der Waals surface area contributed by atoms with Crippen LogP contribution in [-0.4, -0.2) is 41.6 Å². The smallest absolute Gasteiger partial charge is 0.336 e. The van der Waals surface area contributed by atoms with Crippen molar-refractivity contribution in [2.24, 2.45) is 0 Å². The standard InChI is InChI=1S/C13H19N3O4.C2H6O2S/c1-4-7-14-11(17)15(8-5-2)13(19)16(12(14)18)9-6-10-20-3;1-3-5-4-2/h4-5H,1-2,6-10H2,3H3;1-2H3. The van der Waals surface area contributed by atoms with Gasteiger partial charge in [-0.2, -0.15) is 0 Å². The van der Waals surface area contributed by atoms with Gasteiger partial charge in [0.2, 0.25) is 0 Å². The lowest BCUT2D eigenvalue weighted by Crippen LogP contribution is -2.54. The zero-order valence-electron chi connectivity index (χ0n) is 14.8. The SMILES string of the molecule is C=CCn1c(=O)n(CC=C)c(=O)n(CCCOC)c1=O.COSOC. The van der Waals surface area contributed by atoms with Gasteiger partial charge >= 0.3 is 17.1 Å². The molecule has 0 aromatic carbocycles. The van der Waals surface area contributed by atoms with Crippen LogP contribution in [0.4, 0.5) is 0 Å². The Morgan fingerprint density at radius 2 is 1.32 bits per heavy atom. The average molecular weight is 375 g/mol. The quantitative estimate of drug-likeness (QED) is 0.332. The highest BCUT2D eigenvalue weighted by Crippen LogP contribution is 1.94. The van der Waals surface area contributed by atoms with Crippen LogP contribution in [0.15, 0.2) is 39.7 Å². The molecule has 0 amide bonds. The number of aromatic nitrogens is 3. The second kappa shape index (κ2) is 13.4. The molecule has 1 rings (SSSR count). The summed E-state index contributed by atoms with van der Waals surface area (Å²) in [6.45, 7) is 7.74. The zero-order chi connectivity index (χ0) is 19.2. The Morgan fingerprint density at radius 1 is 0.880 bits per heavy atom. The number of methoxy groups -OCH3 is 1. The van der Waals surface area contributed by atoms with E-state index in [9.17, 15) is 14.4 Å². The predicted molar refractivity (Wildman–Crippen MR) is 97.7 cm³/mol. The van der Waals surface area contributed by atoms with Gasteiger partial charge in [-0.15, -0.1) is 13.2 Å². The van der Waals surface area contributed by atoms with Gasteiger partial charge in [0.05, 0.1) is 27.3 Å². The van der Waals surface area contributed by atoms with Crippen LogP contribution in [0.25, 0.3) is 0 Å². The normalized spacial score (nSPS) is 10.0. The Hall–Kier alpha value is -1.88. The van der Waals surface area contributed by atoms with E-state index in [-0.39, 0.29) is 19.6 Å². The van der Waals surface area contributed by atoms with Gasteiger partial charge in [0, 0.05) is 20.3 Å². The highest BCUT2D eigenvalue weighted by Gasteiger charge is 2.13. The summed E-state index contributed by atoms with van der Waals surface area (Å²) in [6, 6.07) is 0. The molecule has 1 aromatic heterocycles. The van der Waals surface area contributed by atoms with Gasteiger partial charge in [0.15, 0.2) is 12.3 Å². The molecule has 0 saturated heterocycles. The third kappa shape index (κ3) is 7.26. The minimum absolute atomic E-state index is 0.0549. The van der Waals surface area contributed by atoms with E-state index in [0.29, 0.717) is 13.0 Å². The summed E-state index contributed by atoms with van der Waals surface area (Å²) in [4.78, 5) is 36.4. The molecule has 0 fully saturated rings. The van der Waals surface area contributed by atoms with Gasteiger partial charge in [-0.25, -0.2) is 28.1 Å². The molecule has 0 N–H and O–H groups in total. The summed E-state index contributed by atoms with van der Waals surface area (Å²) >= 11 is 0.963. The number of hydrogen-bond acceptors (Lipinski definition) is 7. The summed E-state index contributed by atoms with van der Waals surface area (Å²) in [7, 11) is 4.64. The first-order valence-electron chi connectivity index (χ1n) is 7.38. The minimum atomic E-state index is -0.650. The van der Waals surface area contributed by atoms with E-state index in [4.69, 9.17) is 4.74 Å². The highest BCUT2D eigenvalue weighted by atomic mass is 32.2. The maximum Gasteiger partial charge on any atom is 0.336 e. The number of rotatable bonds is 10. The second-order valence-corrected chi connectivity index (χ2v) is 5.35. The summed E-state index contributed by atoms with van der Waals surface area (Å²) in [5.74, 6) is 0. The van der Waals surface area contributed by atoms with Crippen LogP contribution in [0.3, 0.4) is 0 Å². The first kappa shape index (κ1) is 23.1.